The fourth-order valence-corrected chi connectivity index (χ4v) is 4.83. The molecule has 7 heteroatoms. The van der Waals surface area contributed by atoms with E-state index in [-0.39, 0.29) is 17.2 Å². The molecule has 0 fully saturated rings. The summed E-state index contributed by atoms with van der Waals surface area (Å²) in [6.07, 6.45) is 0.327. The minimum Gasteiger partial charge on any atom is -0.496 e. The Labute approximate surface area is 207 Å². The van der Waals surface area contributed by atoms with Crippen molar-refractivity contribution in [2.24, 2.45) is 0 Å². The Hall–Kier alpha value is -1.90. The van der Waals surface area contributed by atoms with Gasteiger partial charge in [-0.1, -0.05) is 51.1 Å². The van der Waals surface area contributed by atoms with Crippen molar-refractivity contribution in [3.63, 3.8) is 0 Å². The van der Waals surface area contributed by atoms with Gasteiger partial charge in [-0.3, -0.25) is 10.9 Å². The molecule has 34 heavy (non-hydrogen) atoms. The van der Waals surface area contributed by atoms with Crippen LogP contribution in [0.25, 0.3) is 0 Å². The van der Waals surface area contributed by atoms with Crippen LogP contribution in [0.3, 0.4) is 0 Å². The molecule has 0 radical (unpaired) electrons. The van der Waals surface area contributed by atoms with Gasteiger partial charge in [0.1, 0.15) is 17.6 Å². The van der Waals surface area contributed by atoms with Crippen LogP contribution >= 0.6 is 0 Å². The molecule has 0 amide bonds. The van der Waals surface area contributed by atoms with Crippen LogP contribution < -0.4 is 20.3 Å². The third-order valence-corrected chi connectivity index (χ3v) is 11.2. The van der Waals surface area contributed by atoms with E-state index in [1.54, 1.807) is 14.2 Å². The molecule has 2 aromatic rings. The topological polar surface area (TPSA) is 61.0 Å². The molecule has 2 N–H and O–H groups in total. The second kappa shape index (κ2) is 12.7. The highest BCUT2D eigenvalue weighted by molar-refractivity contribution is 6.74. The van der Waals surface area contributed by atoms with E-state index in [0.29, 0.717) is 13.2 Å². The zero-order valence-corrected chi connectivity index (χ0v) is 23.5. The Bertz CT molecular complexity index is 859. The van der Waals surface area contributed by atoms with Crippen molar-refractivity contribution < 1.29 is 18.6 Å². The van der Waals surface area contributed by atoms with Crippen molar-refractivity contribution >= 4 is 8.32 Å². The number of hydrogen-bond acceptors (Lipinski definition) is 6. The Balaban J connectivity index is 2.44. The molecule has 0 aliphatic heterocycles. The van der Waals surface area contributed by atoms with Crippen LogP contribution in [-0.2, 0) is 15.6 Å². The van der Waals surface area contributed by atoms with Gasteiger partial charge in [-0.25, -0.2) is 0 Å². The van der Waals surface area contributed by atoms with Crippen LogP contribution in [0, 0.1) is 6.92 Å². The van der Waals surface area contributed by atoms with Gasteiger partial charge in [0.15, 0.2) is 8.32 Å². The molecule has 0 aliphatic carbocycles. The molecule has 0 saturated carbocycles. The lowest BCUT2D eigenvalue weighted by molar-refractivity contribution is -0.0318. The third-order valence-electron chi connectivity index (χ3n) is 6.71. The first-order valence-electron chi connectivity index (χ1n) is 12.0. The zero-order chi connectivity index (χ0) is 25.4. The average Bonchev–Trinajstić information content (AvgIpc) is 2.80. The Morgan fingerprint density at radius 1 is 0.971 bits per heavy atom. The largest absolute Gasteiger partial charge is 0.496 e. The first-order valence-corrected chi connectivity index (χ1v) is 14.9. The number of hydrogen-bond donors (Lipinski definition) is 2. The molecule has 0 heterocycles. The molecular weight excluding hydrogens is 444 g/mol. The van der Waals surface area contributed by atoms with E-state index < -0.39 is 8.32 Å². The van der Waals surface area contributed by atoms with E-state index in [0.717, 1.165) is 29.0 Å². The van der Waals surface area contributed by atoms with E-state index >= 15 is 0 Å². The second-order valence-corrected chi connectivity index (χ2v) is 14.9. The predicted molar refractivity (Wildman–Crippen MR) is 142 cm³/mol. The number of rotatable bonds is 13. The normalized spacial score (nSPS) is 14.0. The van der Waals surface area contributed by atoms with Crippen LogP contribution in [0.2, 0.25) is 18.1 Å². The molecule has 0 bridgehead atoms. The van der Waals surface area contributed by atoms with Gasteiger partial charge in [0, 0.05) is 12.1 Å². The second-order valence-electron chi connectivity index (χ2n) is 10.1. The smallest absolute Gasteiger partial charge is 0.193 e. The standard InChI is InChI=1S/C27H44N2O4Si/c1-20-23(30-6)17-22(18-24(20)31-7)26(33-34(8,9)27(2,3)4)25(19-29-28-5)32-16-15-21-13-11-10-12-14-21/h10-14,17-18,25-26,28-29H,15-16,19H2,1-9H3. The maximum atomic E-state index is 7.02. The van der Waals surface area contributed by atoms with Crippen molar-refractivity contribution in [3.8, 4) is 11.5 Å². The summed E-state index contributed by atoms with van der Waals surface area (Å²) in [4.78, 5) is 0. The van der Waals surface area contributed by atoms with Crippen LogP contribution in [0.1, 0.15) is 43.6 Å². The molecule has 0 aliphatic rings. The van der Waals surface area contributed by atoms with Gasteiger partial charge in [-0.15, -0.1) is 0 Å². The summed E-state index contributed by atoms with van der Waals surface area (Å²) < 4.78 is 24.9. The van der Waals surface area contributed by atoms with Gasteiger partial charge in [0.05, 0.1) is 26.9 Å². The van der Waals surface area contributed by atoms with E-state index in [1.807, 2.05) is 20.0 Å². The lowest BCUT2D eigenvalue weighted by atomic mass is 10.0. The summed E-state index contributed by atoms with van der Waals surface area (Å²) in [6, 6.07) is 14.5. The summed E-state index contributed by atoms with van der Waals surface area (Å²) >= 11 is 0. The molecule has 2 unspecified atom stereocenters. The number of hydrazine groups is 1. The van der Waals surface area contributed by atoms with Crippen LogP contribution in [-0.4, -0.2) is 48.8 Å². The maximum Gasteiger partial charge on any atom is 0.193 e. The Morgan fingerprint density at radius 2 is 1.56 bits per heavy atom. The maximum absolute atomic E-state index is 7.02. The van der Waals surface area contributed by atoms with Gasteiger partial charge in [0.2, 0.25) is 0 Å². The zero-order valence-electron chi connectivity index (χ0n) is 22.5. The van der Waals surface area contributed by atoms with Crippen molar-refractivity contribution in [3.05, 3.63) is 59.2 Å². The third kappa shape index (κ3) is 7.55. The summed E-state index contributed by atoms with van der Waals surface area (Å²) in [6.45, 7) is 14.5. The molecule has 6 nitrogen and oxygen atoms in total. The van der Waals surface area contributed by atoms with Crippen LogP contribution in [0.4, 0.5) is 0 Å². The molecule has 190 valence electrons. The highest BCUT2D eigenvalue weighted by atomic mass is 28.4. The minimum atomic E-state index is -2.13. The lowest BCUT2D eigenvalue weighted by Gasteiger charge is -2.41. The summed E-state index contributed by atoms with van der Waals surface area (Å²) in [7, 11) is 3.10. The fraction of sp³-hybridized carbons (Fsp3) is 0.556. The first kappa shape index (κ1) is 28.3. The molecule has 0 aromatic heterocycles. The van der Waals surface area contributed by atoms with Gasteiger partial charge in [-0.2, -0.15) is 0 Å². The van der Waals surface area contributed by atoms with Gasteiger partial charge < -0.3 is 18.6 Å². The SMILES string of the molecule is CNNCC(OCCc1ccccc1)C(O[Si](C)(C)C(C)(C)C)c1cc(OC)c(C)c(OC)c1. The monoisotopic (exact) mass is 488 g/mol. The van der Waals surface area contributed by atoms with E-state index in [4.69, 9.17) is 18.6 Å². The molecule has 2 atom stereocenters. The number of methoxy groups -OCH3 is 2. The fourth-order valence-electron chi connectivity index (χ4n) is 3.55. The van der Waals surface area contributed by atoms with Gasteiger partial charge in [0.25, 0.3) is 0 Å². The van der Waals surface area contributed by atoms with E-state index in [1.165, 1.54) is 5.56 Å². The number of benzene rings is 2. The predicted octanol–water partition coefficient (Wildman–Crippen LogP) is 5.43. The highest BCUT2D eigenvalue weighted by Crippen LogP contribution is 2.42. The van der Waals surface area contributed by atoms with Crippen molar-refractivity contribution in [2.45, 2.75) is 64.5 Å². The van der Waals surface area contributed by atoms with E-state index in [2.05, 4.69) is 81.1 Å². The molecule has 0 spiro atoms. The van der Waals surface area contributed by atoms with Crippen molar-refractivity contribution in [1.29, 1.82) is 0 Å². The molecular formula is C27H44N2O4Si. The van der Waals surface area contributed by atoms with Crippen LogP contribution in [0.5, 0.6) is 11.5 Å². The van der Waals surface area contributed by atoms with Crippen LogP contribution in [0.15, 0.2) is 42.5 Å². The van der Waals surface area contributed by atoms with Gasteiger partial charge in [-0.05, 0) is 61.8 Å². The summed E-state index contributed by atoms with van der Waals surface area (Å²) in [5.41, 5.74) is 9.49. The van der Waals surface area contributed by atoms with Crippen molar-refractivity contribution in [2.75, 3.05) is 34.4 Å². The number of nitrogens with one attached hydrogen (secondary N) is 2. The lowest BCUT2D eigenvalue weighted by Crippen LogP contribution is -2.47. The first-order chi connectivity index (χ1) is 16.0. The molecule has 2 rings (SSSR count). The average molecular weight is 489 g/mol. The molecule has 2 aromatic carbocycles. The Morgan fingerprint density at radius 3 is 2.06 bits per heavy atom. The quantitative estimate of drug-likeness (QED) is 0.290. The number of ether oxygens (including phenoxy) is 3. The van der Waals surface area contributed by atoms with Gasteiger partial charge >= 0.3 is 0 Å². The molecule has 0 saturated heterocycles. The minimum absolute atomic E-state index is 0.0507. The Kier molecular flexibility index (Phi) is 10.6. The highest BCUT2D eigenvalue weighted by Gasteiger charge is 2.42. The summed E-state index contributed by atoms with van der Waals surface area (Å²) in [5, 5.41) is 0.0507. The summed E-state index contributed by atoms with van der Waals surface area (Å²) in [5.74, 6) is 1.56. The van der Waals surface area contributed by atoms with E-state index in [9.17, 15) is 0 Å². The van der Waals surface area contributed by atoms with Crippen molar-refractivity contribution in [1.82, 2.24) is 10.9 Å².